The van der Waals surface area contributed by atoms with Crippen molar-refractivity contribution < 1.29 is 14.3 Å². The molecule has 2 heterocycles. The van der Waals surface area contributed by atoms with E-state index in [2.05, 4.69) is 9.97 Å². The Kier molecular flexibility index (Phi) is 4.78. The molecule has 0 fully saturated rings. The number of carbonyl (C=O) groups is 1. The van der Waals surface area contributed by atoms with Crippen LogP contribution in [0.4, 0.5) is 0 Å². The van der Waals surface area contributed by atoms with Gasteiger partial charge in [-0.2, -0.15) is 0 Å². The maximum absolute atomic E-state index is 13.3. The van der Waals surface area contributed by atoms with Gasteiger partial charge in [-0.1, -0.05) is 42.5 Å². The largest absolute Gasteiger partial charge is 0.485 e. The molecule has 0 aliphatic carbocycles. The van der Waals surface area contributed by atoms with Gasteiger partial charge in [0.15, 0.2) is 11.5 Å². The first-order chi connectivity index (χ1) is 13.2. The van der Waals surface area contributed by atoms with Crippen molar-refractivity contribution in [3.8, 4) is 11.5 Å². The van der Waals surface area contributed by atoms with Gasteiger partial charge in [-0.25, -0.2) is 4.98 Å². The second kappa shape index (κ2) is 7.53. The van der Waals surface area contributed by atoms with Crippen LogP contribution < -0.4 is 9.47 Å². The van der Waals surface area contributed by atoms with Crippen LogP contribution in [0.3, 0.4) is 0 Å². The summed E-state index contributed by atoms with van der Waals surface area (Å²) in [7, 11) is 0. The van der Waals surface area contributed by atoms with E-state index in [1.54, 1.807) is 17.3 Å². The van der Waals surface area contributed by atoms with Crippen LogP contribution in [0.5, 0.6) is 11.5 Å². The lowest BCUT2D eigenvalue weighted by molar-refractivity contribution is -0.144. The van der Waals surface area contributed by atoms with Crippen molar-refractivity contribution in [3.05, 3.63) is 78.4 Å². The molecule has 0 saturated heterocycles. The number of hydrogen-bond acceptors (Lipinski definition) is 4. The fourth-order valence-corrected chi connectivity index (χ4v) is 3.19. The number of H-pyrrole nitrogens is 1. The van der Waals surface area contributed by atoms with Crippen molar-refractivity contribution in [3.63, 3.8) is 0 Å². The first-order valence-electron chi connectivity index (χ1n) is 8.94. The average molecular weight is 363 g/mol. The Morgan fingerprint density at radius 3 is 2.67 bits per heavy atom. The van der Waals surface area contributed by atoms with Crippen molar-refractivity contribution in [2.24, 2.45) is 0 Å². The molecule has 0 bridgehead atoms. The van der Waals surface area contributed by atoms with Crippen LogP contribution in [-0.2, 0) is 11.3 Å². The fraction of sp³-hybridized carbons (Fsp3) is 0.238. The monoisotopic (exact) mass is 363 g/mol. The molecule has 2 atom stereocenters. The van der Waals surface area contributed by atoms with Gasteiger partial charge in [-0.05, 0) is 24.6 Å². The third-order valence-electron chi connectivity index (χ3n) is 4.69. The van der Waals surface area contributed by atoms with Gasteiger partial charge in [0.05, 0.1) is 12.6 Å². The number of nitrogens with zero attached hydrogens (tertiary/aromatic N) is 2. The number of aromatic amines is 1. The van der Waals surface area contributed by atoms with E-state index in [1.165, 1.54) is 0 Å². The molecule has 6 heteroatoms. The molecular formula is C21H21N3O3. The lowest BCUT2D eigenvalue weighted by atomic mass is 10.1. The van der Waals surface area contributed by atoms with Crippen molar-refractivity contribution in [1.29, 1.82) is 0 Å². The Balaban J connectivity index is 1.59. The summed E-state index contributed by atoms with van der Waals surface area (Å²) < 4.78 is 11.7. The van der Waals surface area contributed by atoms with Gasteiger partial charge in [0, 0.05) is 12.4 Å². The van der Waals surface area contributed by atoms with Crippen molar-refractivity contribution in [1.82, 2.24) is 14.9 Å². The minimum Gasteiger partial charge on any atom is -0.485 e. The molecule has 1 amide bonds. The Bertz CT molecular complexity index is 896. The highest BCUT2D eigenvalue weighted by atomic mass is 16.6. The van der Waals surface area contributed by atoms with Gasteiger partial charge in [0.25, 0.3) is 5.91 Å². The van der Waals surface area contributed by atoms with E-state index < -0.39 is 6.10 Å². The summed E-state index contributed by atoms with van der Waals surface area (Å²) in [5.74, 6) is 1.85. The normalized spacial score (nSPS) is 16.6. The summed E-state index contributed by atoms with van der Waals surface area (Å²) in [6.07, 6.45) is 2.74. The number of nitrogens with one attached hydrogen (secondary N) is 1. The molecule has 0 radical (unpaired) electrons. The maximum atomic E-state index is 13.3. The number of imidazole rings is 1. The van der Waals surface area contributed by atoms with Crippen LogP contribution >= 0.6 is 0 Å². The summed E-state index contributed by atoms with van der Waals surface area (Å²) in [6, 6.07) is 17.2. The zero-order valence-corrected chi connectivity index (χ0v) is 15.0. The third kappa shape index (κ3) is 3.65. The first kappa shape index (κ1) is 17.1. The predicted octanol–water partition coefficient (Wildman–Crippen LogP) is 3.34. The van der Waals surface area contributed by atoms with Crippen LogP contribution in [-0.4, -0.2) is 33.5 Å². The van der Waals surface area contributed by atoms with Crippen molar-refractivity contribution in [2.45, 2.75) is 25.6 Å². The lowest BCUT2D eigenvalue weighted by Crippen LogP contribution is -2.47. The van der Waals surface area contributed by atoms with E-state index in [0.717, 1.165) is 11.4 Å². The molecule has 138 valence electrons. The molecule has 6 nitrogen and oxygen atoms in total. The van der Waals surface area contributed by atoms with E-state index in [4.69, 9.17) is 9.47 Å². The molecule has 0 unspecified atom stereocenters. The lowest BCUT2D eigenvalue weighted by Gasteiger charge is -2.34. The summed E-state index contributed by atoms with van der Waals surface area (Å²) >= 11 is 0. The molecule has 1 aliphatic rings. The summed E-state index contributed by atoms with van der Waals surface area (Å²) in [4.78, 5) is 22.4. The number of hydrogen-bond donors (Lipinski definition) is 1. The minimum atomic E-state index is -0.693. The molecule has 1 aromatic heterocycles. The third-order valence-corrected chi connectivity index (χ3v) is 4.69. The van der Waals surface area contributed by atoms with E-state index in [9.17, 15) is 4.79 Å². The van der Waals surface area contributed by atoms with Gasteiger partial charge in [-0.3, -0.25) is 4.79 Å². The number of carbonyl (C=O) groups excluding carboxylic acids is 1. The van der Waals surface area contributed by atoms with E-state index >= 15 is 0 Å². The van der Waals surface area contributed by atoms with Gasteiger partial charge in [0.1, 0.15) is 12.4 Å². The second-order valence-electron chi connectivity index (χ2n) is 6.45. The van der Waals surface area contributed by atoms with Crippen molar-refractivity contribution in [2.75, 3.05) is 6.61 Å². The van der Waals surface area contributed by atoms with Gasteiger partial charge >= 0.3 is 0 Å². The number of para-hydroxylation sites is 2. The summed E-state index contributed by atoms with van der Waals surface area (Å²) in [5, 5.41) is 0. The highest BCUT2D eigenvalue weighted by molar-refractivity contribution is 5.82. The Hall–Kier alpha value is -3.28. The highest BCUT2D eigenvalue weighted by Gasteiger charge is 2.34. The average Bonchev–Trinajstić information content (AvgIpc) is 3.24. The zero-order chi connectivity index (χ0) is 18.6. The first-order valence-corrected chi connectivity index (χ1v) is 8.94. The van der Waals surface area contributed by atoms with Gasteiger partial charge in [-0.15, -0.1) is 0 Å². The van der Waals surface area contributed by atoms with Crippen LogP contribution in [0, 0.1) is 0 Å². The van der Waals surface area contributed by atoms with Crippen LogP contribution in [0.25, 0.3) is 0 Å². The molecule has 27 heavy (non-hydrogen) atoms. The molecule has 3 aromatic rings. The SMILES string of the molecule is C[C@@H](c1ccccc1)N(Cc1ncc[nH]1)C(=O)[C@H]1COc2ccccc2O1. The number of aromatic nitrogens is 2. The topological polar surface area (TPSA) is 67.5 Å². The highest BCUT2D eigenvalue weighted by Crippen LogP contribution is 2.32. The molecule has 0 spiro atoms. The predicted molar refractivity (Wildman–Crippen MR) is 100 cm³/mol. The smallest absolute Gasteiger partial charge is 0.268 e. The Morgan fingerprint density at radius 2 is 1.93 bits per heavy atom. The van der Waals surface area contributed by atoms with Crippen LogP contribution in [0.1, 0.15) is 24.4 Å². The van der Waals surface area contributed by atoms with E-state index in [1.807, 2.05) is 61.5 Å². The van der Waals surface area contributed by atoms with Crippen LogP contribution in [0.2, 0.25) is 0 Å². The Labute approximate surface area is 157 Å². The quantitative estimate of drug-likeness (QED) is 0.755. The summed E-state index contributed by atoms with van der Waals surface area (Å²) in [6.45, 7) is 2.56. The van der Waals surface area contributed by atoms with Gasteiger partial charge < -0.3 is 19.4 Å². The molecule has 0 saturated carbocycles. The molecule has 1 N–H and O–H groups in total. The van der Waals surface area contributed by atoms with Crippen molar-refractivity contribution >= 4 is 5.91 Å². The van der Waals surface area contributed by atoms with E-state index in [0.29, 0.717) is 18.0 Å². The number of amides is 1. The maximum Gasteiger partial charge on any atom is 0.268 e. The second-order valence-corrected chi connectivity index (χ2v) is 6.45. The minimum absolute atomic E-state index is 0.128. The number of rotatable bonds is 5. The molecule has 2 aromatic carbocycles. The zero-order valence-electron chi connectivity index (χ0n) is 15.0. The number of benzene rings is 2. The number of ether oxygens (including phenoxy) is 2. The molecule has 4 rings (SSSR count). The number of fused-ring (bicyclic) bond motifs is 1. The van der Waals surface area contributed by atoms with Gasteiger partial charge in [0.2, 0.25) is 6.10 Å². The molecular weight excluding hydrogens is 342 g/mol. The van der Waals surface area contributed by atoms with E-state index in [-0.39, 0.29) is 18.6 Å². The summed E-state index contributed by atoms with van der Waals surface area (Å²) in [5.41, 5.74) is 1.05. The molecule has 1 aliphatic heterocycles. The Morgan fingerprint density at radius 1 is 1.19 bits per heavy atom. The standard InChI is InChI=1S/C21H21N3O3/c1-15(16-7-3-2-4-8-16)24(13-20-22-11-12-23-20)21(25)19-14-26-17-9-5-6-10-18(17)27-19/h2-12,15,19H,13-14H2,1H3,(H,22,23)/t15-,19+/m0/s1. The fourth-order valence-electron chi connectivity index (χ4n) is 3.19. The van der Waals surface area contributed by atoms with Crippen LogP contribution in [0.15, 0.2) is 67.0 Å².